The summed E-state index contributed by atoms with van der Waals surface area (Å²) in [4.78, 5) is 4.20. The van der Waals surface area contributed by atoms with Crippen molar-refractivity contribution in [3.05, 3.63) is 59.4 Å². The number of ether oxygens (including phenoxy) is 2. The summed E-state index contributed by atoms with van der Waals surface area (Å²) in [6.45, 7) is 2.54. The summed E-state index contributed by atoms with van der Waals surface area (Å²) >= 11 is 0. The fourth-order valence-corrected chi connectivity index (χ4v) is 2.51. The van der Waals surface area contributed by atoms with Crippen molar-refractivity contribution in [2.75, 3.05) is 20.3 Å². The molecule has 3 rings (SSSR count). The Morgan fingerprint density at radius 2 is 1.58 bits per heavy atom. The first-order chi connectivity index (χ1) is 12.2. The monoisotopic (exact) mass is 471 g/mol. The fourth-order valence-electron chi connectivity index (χ4n) is 2.51. The zero-order chi connectivity index (χ0) is 17.5. The standard InChI is InChI=1S/C19H22FN3O2.HI/c1-21-19(22-12-14-3-6-16(20)7-4-14)23-13-15-5-8-17-18(11-15)25-10-2-9-24-17;/h3-8,11H,2,9-10,12-13H2,1H3,(H2,21,22,23);1H. The lowest BCUT2D eigenvalue weighted by Crippen LogP contribution is -2.36. The number of hydrogen-bond donors (Lipinski definition) is 2. The number of guanidine groups is 1. The van der Waals surface area contributed by atoms with Crippen molar-refractivity contribution >= 4 is 29.9 Å². The van der Waals surface area contributed by atoms with Gasteiger partial charge in [0.1, 0.15) is 5.82 Å². The van der Waals surface area contributed by atoms with Crippen molar-refractivity contribution in [2.45, 2.75) is 19.5 Å². The van der Waals surface area contributed by atoms with Gasteiger partial charge in [0, 0.05) is 26.6 Å². The van der Waals surface area contributed by atoms with Gasteiger partial charge in [-0.3, -0.25) is 4.99 Å². The van der Waals surface area contributed by atoms with Crippen LogP contribution < -0.4 is 20.1 Å². The van der Waals surface area contributed by atoms with E-state index in [4.69, 9.17) is 9.47 Å². The van der Waals surface area contributed by atoms with Gasteiger partial charge in [0.2, 0.25) is 0 Å². The van der Waals surface area contributed by atoms with E-state index in [0.29, 0.717) is 32.3 Å². The molecule has 0 saturated heterocycles. The summed E-state index contributed by atoms with van der Waals surface area (Å²) in [6.07, 6.45) is 0.891. The van der Waals surface area contributed by atoms with Crippen molar-refractivity contribution in [1.29, 1.82) is 0 Å². The smallest absolute Gasteiger partial charge is 0.191 e. The van der Waals surface area contributed by atoms with Crippen molar-refractivity contribution in [3.8, 4) is 11.5 Å². The first kappa shape index (κ1) is 20.3. The number of nitrogens with zero attached hydrogens (tertiary/aromatic N) is 1. The van der Waals surface area contributed by atoms with Gasteiger partial charge in [-0.2, -0.15) is 0 Å². The van der Waals surface area contributed by atoms with Gasteiger partial charge in [0.25, 0.3) is 0 Å². The van der Waals surface area contributed by atoms with Crippen LogP contribution in [0.1, 0.15) is 17.5 Å². The summed E-state index contributed by atoms with van der Waals surface area (Å²) in [7, 11) is 1.72. The van der Waals surface area contributed by atoms with Gasteiger partial charge in [0.05, 0.1) is 13.2 Å². The third kappa shape index (κ3) is 5.76. The van der Waals surface area contributed by atoms with Crippen LogP contribution in [0.2, 0.25) is 0 Å². The number of hydrogen-bond acceptors (Lipinski definition) is 3. The summed E-state index contributed by atoms with van der Waals surface area (Å²) in [5.74, 6) is 2.02. The molecule has 5 nitrogen and oxygen atoms in total. The van der Waals surface area contributed by atoms with Crippen LogP contribution in [0.25, 0.3) is 0 Å². The minimum atomic E-state index is -0.235. The van der Waals surface area contributed by atoms with Crippen LogP contribution in [-0.4, -0.2) is 26.2 Å². The average Bonchev–Trinajstić information content (AvgIpc) is 2.88. The van der Waals surface area contributed by atoms with Crippen LogP contribution >= 0.6 is 24.0 Å². The Kier molecular flexibility index (Phi) is 7.96. The molecule has 0 atom stereocenters. The lowest BCUT2D eigenvalue weighted by Gasteiger charge is -2.13. The summed E-state index contributed by atoms with van der Waals surface area (Å²) < 4.78 is 24.3. The highest BCUT2D eigenvalue weighted by Gasteiger charge is 2.10. The highest BCUT2D eigenvalue weighted by atomic mass is 127. The Labute approximate surface area is 170 Å². The van der Waals surface area contributed by atoms with Gasteiger partial charge < -0.3 is 20.1 Å². The quantitative estimate of drug-likeness (QED) is 0.408. The zero-order valence-electron chi connectivity index (χ0n) is 14.6. The van der Waals surface area contributed by atoms with E-state index >= 15 is 0 Å². The molecule has 0 spiro atoms. The first-order valence-corrected chi connectivity index (χ1v) is 8.32. The Balaban J connectivity index is 0.00000243. The SMILES string of the molecule is CN=C(NCc1ccc(F)cc1)NCc1ccc2c(c1)OCCCO2.I. The molecule has 2 N–H and O–H groups in total. The van der Waals surface area contributed by atoms with E-state index < -0.39 is 0 Å². The molecule has 1 aliphatic rings. The molecular formula is C19H23FIN3O2. The largest absolute Gasteiger partial charge is 0.490 e. The third-order valence-corrected chi connectivity index (χ3v) is 3.87. The van der Waals surface area contributed by atoms with Crippen LogP contribution in [-0.2, 0) is 13.1 Å². The van der Waals surface area contributed by atoms with E-state index in [0.717, 1.165) is 29.0 Å². The number of aliphatic imine (C=N–C) groups is 1. The normalized spacial score (nSPS) is 13.4. The molecule has 1 aliphatic heterocycles. The Morgan fingerprint density at radius 3 is 2.27 bits per heavy atom. The molecular weight excluding hydrogens is 448 g/mol. The lowest BCUT2D eigenvalue weighted by molar-refractivity contribution is 0.297. The highest BCUT2D eigenvalue weighted by molar-refractivity contribution is 14.0. The second-order valence-electron chi connectivity index (χ2n) is 5.74. The van der Waals surface area contributed by atoms with Crippen LogP contribution in [0.4, 0.5) is 4.39 Å². The molecule has 0 amide bonds. The van der Waals surface area contributed by atoms with Gasteiger partial charge in [-0.25, -0.2) is 4.39 Å². The van der Waals surface area contributed by atoms with Gasteiger partial charge >= 0.3 is 0 Å². The zero-order valence-corrected chi connectivity index (χ0v) is 17.0. The second kappa shape index (κ2) is 10.2. The van der Waals surface area contributed by atoms with Crippen LogP contribution in [0.3, 0.4) is 0 Å². The number of fused-ring (bicyclic) bond motifs is 1. The predicted octanol–water partition coefficient (Wildman–Crippen LogP) is 3.47. The highest BCUT2D eigenvalue weighted by Crippen LogP contribution is 2.30. The summed E-state index contributed by atoms with van der Waals surface area (Å²) in [6, 6.07) is 12.3. The molecule has 0 aromatic heterocycles. The fraction of sp³-hybridized carbons (Fsp3) is 0.316. The molecule has 2 aromatic rings. The van der Waals surface area contributed by atoms with E-state index in [9.17, 15) is 4.39 Å². The maximum absolute atomic E-state index is 12.9. The van der Waals surface area contributed by atoms with Crippen molar-refractivity contribution in [3.63, 3.8) is 0 Å². The molecule has 0 bridgehead atoms. The molecule has 0 unspecified atom stereocenters. The average molecular weight is 471 g/mol. The lowest BCUT2D eigenvalue weighted by atomic mass is 10.2. The summed E-state index contributed by atoms with van der Waals surface area (Å²) in [5, 5.41) is 6.47. The van der Waals surface area contributed by atoms with E-state index in [1.807, 2.05) is 18.2 Å². The van der Waals surface area contributed by atoms with Gasteiger partial charge in [0.15, 0.2) is 17.5 Å². The molecule has 1 heterocycles. The minimum Gasteiger partial charge on any atom is -0.490 e. The molecule has 140 valence electrons. The Morgan fingerprint density at radius 1 is 0.962 bits per heavy atom. The third-order valence-electron chi connectivity index (χ3n) is 3.87. The van der Waals surface area contributed by atoms with Gasteiger partial charge in [-0.1, -0.05) is 18.2 Å². The maximum atomic E-state index is 12.9. The molecule has 26 heavy (non-hydrogen) atoms. The maximum Gasteiger partial charge on any atom is 0.191 e. The van der Waals surface area contributed by atoms with Crippen LogP contribution in [0.5, 0.6) is 11.5 Å². The van der Waals surface area contributed by atoms with Crippen molar-refractivity contribution in [1.82, 2.24) is 10.6 Å². The molecule has 0 fully saturated rings. The molecule has 2 aromatic carbocycles. The van der Waals surface area contributed by atoms with E-state index in [1.54, 1.807) is 19.2 Å². The van der Waals surface area contributed by atoms with E-state index in [1.165, 1.54) is 12.1 Å². The van der Waals surface area contributed by atoms with Crippen molar-refractivity contribution in [2.24, 2.45) is 4.99 Å². The second-order valence-corrected chi connectivity index (χ2v) is 5.74. The van der Waals surface area contributed by atoms with Crippen LogP contribution in [0.15, 0.2) is 47.5 Å². The van der Waals surface area contributed by atoms with Gasteiger partial charge in [-0.05, 0) is 35.4 Å². The van der Waals surface area contributed by atoms with Gasteiger partial charge in [-0.15, -0.1) is 24.0 Å². The van der Waals surface area contributed by atoms with E-state index in [-0.39, 0.29) is 29.8 Å². The molecule has 0 radical (unpaired) electrons. The number of benzene rings is 2. The molecule has 0 aliphatic carbocycles. The Hall–Kier alpha value is -2.03. The van der Waals surface area contributed by atoms with Crippen molar-refractivity contribution < 1.29 is 13.9 Å². The minimum absolute atomic E-state index is 0. The van der Waals surface area contributed by atoms with E-state index in [2.05, 4.69) is 15.6 Å². The molecule has 7 heteroatoms. The number of nitrogens with one attached hydrogen (secondary N) is 2. The Bertz CT molecular complexity index is 738. The number of rotatable bonds is 4. The molecule has 0 saturated carbocycles. The topological polar surface area (TPSA) is 54.9 Å². The summed E-state index contributed by atoms with van der Waals surface area (Å²) in [5.41, 5.74) is 2.06. The first-order valence-electron chi connectivity index (χ1n) is 8.32. The number of halogens is 2. The van der Waals surface area contributed by atoms with Crippen LogP contribution in [0, 0.1) is 5.82 Å². The predicted molar refractivity (Wildman–Crippen MR) is 111 cm³/mol.